The topological polar surface area (TPSA) is 0 Å². The molecule has 0 saturated heterocycles. The van der Waals surface area contributed by atoms with Crippen LogP contribution < -0.4 is 0 Å². The summed E-state index contributed by atoms with van der Waals surface area (Å²) in [5.41, 5.74) is 6.06. The molecule has 23 heavy (non-hydrogen) atoms. The van der Waals surface area contributed by atoms with Crippen LogP contribution in [0, 0.1) is 23.3 Å². The molecule has 0 nitrogen and oxygen atoms in total. The first kappa shape index (κ1) is 19.8. The molecule has 0 radical (unpaired) electrons. The summed E-state index contributed by atoms with van der Waals surface area (Å²) in [4.78, 5) is 0. The van der Waals surface area contributed by atoms with E-state index < -0.39 is 16.1 Å². The fourth-order valence-corrected chi connectivity index (χ4v) is 4.47. The van der Waals surface area contributed by atoms with E-state index in [2.05, 4.69) is 75.2 Å². The predicted octanol–water partition coefficient (Wildman–Crippen LogP) is 6.12. The van der Waals surface area contributed by atoms with Crippen molar-refractivity contribution >= 4 is 16.1 Å². The van der Waals surface area contributed by atoms with Crippen molar-refractivity contribution in [2.75, 3.05) is 0 Å². The van der Waals surface area contributed by atoms with Crippen LogP contribution in [0.1, 0.15) is 32.1 Å². The van der Waals surface area contributed by atoms with Gasteiger partial charge in [0.25, 0.3) is 0 Å². The van der Waals surface area contributed by atoms with Gasteiger partial charge >= 0.3 is 0 Å². The van der Waals surface area contributed by atoms with E-state index in [1.165, 1.54) is 35.6 Å². The van der Waals surface area contributed by atoms with E-state index in [-0.39, 0.29) is 0 Å². The molecule has 0 spiro atoms. The highest BCUT2D eigenvalue weighted by atomic mass is 28.3. The van der Waals surface area contributed by atoms with Gasteiger partial charge in [0.1, 0.15) is 8.07 Å². The molecule has 0 bridgehead atoms. The average Bonchev–Trinajstić information content (AvgIpc) is 2.43. The fraction of sp³-hybridized carbons (Fsp3) is 0.524. The lowest BCUT2D eigenvalue weighted by Crippen LogP contribution is -2.25. The zero-order valence-electron chi connectivity index (χ0n) is 15.9. The van der Waals surface area contributed by atoms with Gasteiger partial charge in [-0.3, -0.25) is 0 Å². The predicted molar refractivity (Wildman–Crippen MR) is 111 cm³/mol. The lowest BCUT2D eigenvalue weighted by molar-refractivity contribution is 0.715. The molecule has 0 fully saturated rings. The van der Waals surface area contributed by atoms with Crippen LogP contribution in [-0.4, -0.2) is 16.1 Å². The minimum absolute atomic E-state index is 0.838. The second-order valence-electron chi connectivity index (χ2n) is 8.32. The molecule has 2 heteroatoms. The Morgan fingerprint density at radius 1 is 1.13 bits per heavy atom. The largest absolute Gasteiger partial charge is 0.129 e. The summed E-state index contributed by atoms with van der Waals surface area (Å²) in [6.45, 7) is 17.9. The number of allylic oxidation sites excluding steroid dienone is 5. The Morgan fingerprint density at radius 3 is 2.30 bits per heavy atom. The van der Waals surface area contributed by atoms with Gasteiger partial charge in [0.05, 0.1) is 8.07 Å². The van der Waals surface area contributed by atoms with Crippen molar-refractivity contribution in [2.45, 2.75) is 71.4 Å². The zero-order chi connectivity index (χ0) is 17.5. The van der Waals surface area contributed by atoms with Gasteiger partial charge in [-0.2, -0.15) is 0 Å². The van der Waals surface area contributed by atoms with Crippen LogP contribution in [-0.2, 0) is 0 Å². The number of rotatable bonds is 3. The van der Waals surface area contributed by atoms with Gasteiger partial charge in [0.2, 0.25) is 0 Å². The molecular weight excluding hydrogens is 308 g/mol. The Balaban J connectivity index is 3.33. The fourth-order valence-electron chi connectivity index (χ4n) is 2.43. The molecule has 0 aliphatic heterocycles. The third-order valence-electron chi connectivity index (χ3n) is 3.63. The summed E-state index contributed by atoms with van der Waals surface area (Å²) in [6.07, 6.45) is 10.0. The molecule has 0 N–H and O–H groups in total. The van der Waals surface area contributed by atoms with Crippen LogP contribution in [0.25, 0.3) is 0 Å². The Hall–Kier alpha value is -1.23. The molecule has 1 rings (SSSR count). The summed E-state index contributed by atoms with van der Waals surface area (Å²) in [6, 6.07) is 0. The van der Waals surface area contributed by atoms with E-state index in [1.54, 1.807) is 0 Å². The maximum atomic E-state index is 3.92. The van der Waals surface area contributed by atoms with Crippen molar-refractivity contribution in [3.05, 3.63) is 35.1 Å². The summed E-state index contributed by atoms with van der Waals surface area (Å²) >= 11 is 0. The van der Waals surface area contributed by atoms with Gasteiger partial charge < -0.3 is 0 Å². The molecule has 0 amide bonds. The van der Waals surface area contributed by atoms with Gasteiger partial charge in [-0.05, 0) is 42.9 Å². The smallest absolute Gasteiger partial charge is 0.127 e. The summed E-state index contributed by atoms with van der Waals surface area (Å²) in [7, 11) is -2.91. The Kier molecular flexibility index (Phi) is 7.39. The summed E-state index contributed by atoms with van der Waals surface area (Å²) in [5.74, 6) is 10.5. The van der Waals surface area contributed by atoms with Crippen LogP contribution in [0.5, 0.6) is 0 Å². The van der Waals surface area contributed by atoms with E-state index in [0.717, 1.165) is 12.8 Å². The minimum Gasteiger partial charge on any atom is -0.127 e. The lowest BCUT2D eigenvalue weighted by atomic mass is 10.00. The first-order chi connectivity index (χ1) is 10.6. The monoisotopic (exact) mass is 340 g/mol. The molecule has 0 saturated carbocycles. The summed E-state index contributed by atoms with van der Waals surface area (Å²) in [5, 5.41) is 1.31. The van der Waals surface area contributed by atoms with E-state index in [1.807, 2.05) is 6.08 Å². The SMILES string of the molecule is C=CCC(C#C[Si](C)(C)C)=C(C#CC1=CCCCC1)[Si](C)(C)C. The third kappa shape index (κ3) is 7.73. The molecule has 0 atom stereocenters. The Labute approximate surface area is 146 Å². The molecule has 0 unspecified atom stereocenters. The van der Waals surface area contributed by atoms with Gasteiger partial charge in [0.15, 0.2) is 0 Å². The van der Waals surface area contributed by atoms with E-state index in [0.29, 0.717) is 0 Å². The maximum absolute atomic E-state index is 3.92. The quantitative estimate of drug-likeness (QED) is 0.330. The van der Waals surface area contributed by atoms with E-state index >= 15 is 0 Å². The second kappa shape index (κ2) is 8.58. The molecule has 0 aromatic carbocycles. The summed E-state index contributed by atoms with van der Waals surface area (Å²) < 4.78 is 0. The normalized spacial score (nSPS) is 16.2. The second-order valence-corrected chi connectivity index (χ2v) is 18.1. The van der Waals surface area contributed by atoms with Crippen molar-refractivity contribution in [1.29, 1.82) is 0 Å². The molecule has 0 heterocycles. The standard InChI is InChI=1S/C21H32Si2/c1-8-12-20(17-18-22(2,3)4)21(23(5,6)7)16-15-19-13-10-9-11-14-19/h8,13H,1,9-12,14H2,2-7H3. The van der Waals surface area contributed by atoms with Crippen LogP contribution >= 0.6 is 0 Å². The maximum Gasteiger partial charge on any atom is 0.129 e. The van der Waals surface area contributed by atoms with Gasteiger partial charge in [0, 0.05) is 5.57 Å². The highest BCUT2D eigenvalue weighted by molar-refractivity contribution is 6.85. The van der Waals surface area contributed by atoms with Gasteiger partial charge in [-0.25, -0.2) is 0 Å². The molecule has 124 valence electrons. The van der Waals surface area contributed by atoms with Crippen molar-refractivity contribution in [3.8, 4) is 23.3 Å². The number of hydrogen-bond donors (Lipinski definition) is 0. The highest BCUT2D eigenvalue weighted by Crippen LogP contribution is 2.22. The van der Waals surface area contributed by atoms with Crippen molar-refractivity contribution in [2.24, 2.45) is 0 Å². The lowest BCUT2D eigenvalue weighted by Gasteiger charge is -2.19. The van der Waals surface area contributed by atoms with Crippen LogP contribution in [0.2, 0.25) is 39.3 Å². The van der Waals surface area contributed by atoms with Crippen LogP contribution in [0.4, 0.5) is 0 Å². The first-order valence-corrected chi connectivity index (χ1v) is 15.7. The molecule has 0 aromatic rings. The average molecular weight is 341 g/mol. The van der Waals surface area contributed by atoms with Crippen LogP contribution in [0.3, 0.4) is 0 Å². The van der Waals surface area contributed by atoms with Crippen LogP contribution in [0.15, 0.2) is 35.1 Å². The number of hydrogen-bond acceptors (Lipinski definition) is 0. The third-order valence-corrected chi connectivity index (χ3v) is 6.43. The Bertz CT molecular complexity index is 611. The molecular formula is C21H32Si2. The molecule has 1 aliphatic rings. The van der Waals surface area contributed by atoms with Gasteiger partial charge in [-0.15, -0.1) is 12.1 Å². The Morgan fingerprint density at radius 2 is 1.83 bits per heavy atom. The van der Waals surface area contributed by atoms with Crippen molar-refractivity contribution in [3.63, 3.8) is 0 Å². The first-order valence-electron chi connectivity index (χ1n) is 8.72. The van der Waals surface area contributed by atoms with E-state index in [9.17, 15) is 0 Å². The zero-order valence-corrected chi connectivity index (χ0v) is 17.9. The highest BCUT2D eigenvalue weighted by Gasteiger charge is 2.21. The van der Waals surface area contributed by atoms with Crippen molar-refractivity contribution in [1.82, 2.24) is 0 Å². The van der Waals surface area contributed by atoms with E-state index in [4.69, 9.17) is 0 Å². The van der Waals surface area contributed by atoms with Gasteiger partial charge in [-0.1, -0.05) is 69.2 Å². The molecule has 0 aromatic heterocycles. The minimum atomic E-state index is -1.52. The van der Waals surface area contributed by atoms with Crippen molar-refractivity contribution < 1.29 is 0 Å². The molecule has 1 aliphatic carbocycles.